The lowest BCUT2D eigenvalue weighted by molar-refractivity contribution is -0.925. The van der Waals surface area contributed by atoms with E-state index in [1.807, 2.05) is 14.1 Å². The minimum Gasteiger partial charge on any atom is -0.390 e. The summed E-state index contributed by atoms with van der Waals surface area (Å²) in [5, 5.41) is 23.6. The van der Waals surface area contributed by atoms with Crippen molar-refractivity contribution in [2.24, 2.45) is 0 Å². The first-order chi connectivity index (χ1) is 9.25. The van der Waals surface area contributed by atoms with Gasteiger partial charge in [-0.25, -0.2) is 10.0 Å². The molecule has 1 amide bonds. The van der Waals surface area contributed by atoms with E-state index in [9.17, 15) is 4.79 Å². The highest BCUT2D eigenvalue weighted by Crippen LogP contribution is 2.05. The van der Waals surface area contributed by atoms with Crippen molar-refractivity contribution in [3.8, 4) is 0 Å². The van der Waals surface area contributed by atoms with Crippen molar-refractivity contribution >= 4 is 5.91 Å². The van der Waals surface area contributed by atoms with E-state index in [4.69, 9.17) is 20.4 Å². The Bertz CT molecular complexity index is 268. The van der Waals surface area contributed by atoms with Crippen LogP contribution in [0.5, 0.6) is 0 Å². The van der Waals surface area contributed by atoms with E-state index in [0.717, 1.165) is 12.8 Å². The van der Waals surface area contributed by atoms with Gasteiger partial charge in [-0.2, -0.15) is 0 Å². The zero-order valence-corrected chi connectivity index (χ0v) is 12.6. The van der Waals surface area contributed by atoms with Crippen LogP contribution < -0.4 is 5.43 Å². The fraction of sp³-hybridized carbons (Fsp3) is 0.917. The summed E-state index contributed by atoms with van der Waals surface area (Å²) in [5.74, 6) is 0.0787. The zero-order valence-electron chi connectivity index (χ0n) is 12.6. The molecule has 0 bridgehead atoms. The molecule has 0 spiro atoms. The molecule has 0 heterocycles. The Hall–Kier alpha value is -1.41. The number of nitrogens with one attached hydrogen (secondary N) is 1. The molecule has 2 N–H and O–H groups in total. The van der Waals surface area contributed by atoms with Crippen LogP contribution in [0.2, 0.25) is 0 Å². The highest BCUT2D eigenvalue weighted by atomic mass is 16.9. The average Bonchev–Trinajstić information content (AvgIpc) is 2.27. The molecule has 0 saturated carbocycles. The Labute approximate surface area is 120 Å². The summed E-state index contributed by atoms with van der Waals surface area (Å²) in [6.45, 7) is 2.81. The van der Waals surface area contributed by atoms with Crippen LogP contribution in [0, 0.1) is 15.3 Å². The Kier molecular flexibility index (Phi) is 13.2. The van der Waals surface area contributed by atoms with Gasteiger partial charge in [-0.1, -0.05) is 32.6 Å². The molecule has 120 valence electrons. The maximum Gasteiger partial charge on any atom is 0.264 e. The molecule has 0 aromatic rings. The first kappa shape index (κ1) is 20.9. The average molecular weight is 293 g/mol. The lowest BCUT2D eigenvalue weighted by Gasteiger charge is -2.28. The van der Waals surface area contributed by atoms with Crippen molar-refractivity contribution in [2.75, 3.05) is 27.2 Å². The number of likely N-dealkylation sites (N-methyl/N-ethyl adjacent to an activating group) is 1. The van der Waals surface area contributed by atoms with Crippen molar-refractivity contribution in [2.45, 2.75) is 45.4 Å². The highest BCUT2D eigenvalue weighted by Gasteiger charge is 2.17. The number of carbonyl (C=O) groups excluding carboxylic acids is 1. The molecule has 0 fully saturated rings. The maximum absolute atomic E-state index is 11.6. The van der Waals surface area contributed by atoms with Crippen LogP contribution in [0.15, 0.2) is 0 Å². The quantitative estimate of drug-likeness (QED) is 0.287. The molecular weight excluding hydrogens is 266 g/mol. The van der Waals surface area contributed by atoms with Crippen LogP contribution in [0.25, 0.3) is 0 Å². The van der Waals surface area contributed by atoms with Crippen LogP contribution in [-0.2, 0) is 4.79 Å². The molecule has 20 heavy (non-hydrogen) atoms. The van der Waals surface area contributed by atoms with E-state index in [0.29, 0.717) is 17.6 Å². The summed E-state index contributed by atoms with van der Waals surface area (Å²) in [6.07, 6.45) is 6.40. The van der Waals surface area contributed by atoms with Gasteiger partial charge in [0.15, 0.2) is 0 Å². The predicted molar refractivity (Wildman–Crippen MR) is 75.9 cm³/mol. The molecule has 0 unspecified atom stereocenters. The van der Waals surface area contributed by atoms with Gasteiger partial charge >= 0.3 is 0 Å². The SMILES string of the molecule is CCCCCCCC(=O)N[N+](C)(C)CCO.O=[N+]([O-])[O-]. The molecule has 0 aliphatic carbocycles. The molecule has 8 nitrogen and oxygen atoms in total. The smallest absolute Gasteiger partial charge is 0.264 e. The van der Waals surface area contributed by atoms with Gasteiger partial charge in [0.1, 0.15) is 6.54 Å². The third kappa shape index (κ3) is 18.9. The van der Waals surface area contributed by atoms with E-state index in [1.54, 1.807) is 0 Å². The highest BCUT2D eigenvalue weighted by molar-refractivity contribution is 5.74. The van der Waals surface area contributed by atoms with Gasteiger partial charge in [-0.15, -0.1) is 0 Å². The summed E-state index contributed by atoms with van der Waals surface area (Å²) in [7, 11) is 3.76. The van der Waals surface area contributed by atoms with Crippen molar-refractivity contribution in [3.63, 3.8) is 0 Å². The number of amides is 1. The third-order valence-corrected chi connectivity index (χ3v) is 2.59. The maximum atomic E-state index is 11.6. The van der Waals surface area contributed by atoms with Crippen LogP contribution in [0.1, 0.15) is 45.4 Å². The molecule has 0 aromatic heterocycles. The number of aliphatic hydroxyl groups excluding tert-OH is 1. The summed E-state index contributed by atoms with van der Waals surface area (Å²) >= 11 is 0. The van der Waals surface area contributed by atoms with E-state index in [-0.39, 0.29) is 12.5 Å². The molecule has 0 aromatic carbocycles. The number of unbranched alkanes of at least 4 members (excludes halogenated alkanes) is 4. The van der Waals surface area contributed by atoms with E-state index < -0.39 is 5.09 Å². The second kappa shape index (κ2) is 12.6. The van der Waals surface area contributed by atoms with Crippen LogP contribution in [-0.4, -0.2) is 47.9 Å². The van der Waals surface area contributed by atoms with Crippen LogP contribution >= 0.6 is 0 Å². The fourth-order valence-electron chi connectivity index (χ4n) is 1.59. The van der Waals surface area contributed by atoms with Crippen molar-refractivity contribution in [1.29, 1.82) is 0 Å². The Balaban J connectivity index is 0. The molecule has 0 aliphatic heterocycles. The summed E-state index contributed by atoms with van der Waals surface area (Å²) in [4.78, 5) is 19.8. The normalized spacial score (nSPS) is 10.4. The number of nitrogens with zero attached hydrogens (tertiary/aromatic N) is 2. The summed E-state index contributed by atoms with van der Waals surface area (Å²) < 4.78 is 0.351. The number of hydrogen-bond acceptors (Lipinski definition) is 5. The Morgan fingerprint density at radius 1 is 1.20 bits per heavy atom. The zero-order chi connectivity index (χ0) is 16.0. The molecular formula is C12H27N3O5. The molecule has 0 rings (SSSR count). The fourth-order valence-corrected chi connectivity index (χ4v) is 1.59. The predicted octanol–water partition coefficient (Wildman–Crippen LogP) is 1.21. The van der Waals surface area contributed by atoms with Gasteiger partial charge in [0.25, 0.3) is 5.91 Å². The van der Waals surface area contributed by atoms with Gasteiger partial charge in [0.2, 0.25) is 0 Å². The number of hydrogen-bond donors (Lipinski definition) is 2. The van der Waals surface area contributed by atoms with E-state index >= 15 is 0 Å². The lowest BCUT2D eigenvalue weighted by Crippen LogP contribution is -2.55. The second-order valence-corrected chi connectivity index (χ2v) is 5.06. The second-order valence-electron chi connectivity index (χ2n) is 5.06. The largest absolute Gasteiger partial charge is 0.390 e. The lowest BCUT2D eigenvalue weighted by atomic mass is 10.1. The minimum absolute atomic E-state index is 0.0787. The van der Waals surface area contributed by atoms with Gasteiger partial charge in [-0.3, -0.25) is 4.79 Å². The summed E-state index contributed by atoms with van der Waals surface area (Å²) in [6, 6.07) is 0. The molecule has 0 saturated heterocycles. The first-order valence-corrected chi connectivity index (χ1v) is 6.81. The molecule has 8 heteroatoms. The first-order valence-electron chi connectivity index (χ1n) is 6.81. The summed E-state index contributed by atoms with van der Waals surface area (Å²) in [5.41, 5.74) is 2.89. The monoisotopic (exact) mass is 293 g/mol. The topological polar surface area (TPSA) is 116 Å². The van der Waals surface area contributed by atoms with Gasteiger partial charge in [-0.05, 0) is 6.42 Å². The Morgan fingerprint density at radius 3 is 2.15 bits per heavy atom. The number of rotatable bonds is 9. The standard InChI is InChI=1S/C12H26N2O2.NO3/c1-4-5-6-7-8-9-12(16)13-14(2,3)10-11-15;2-1(3)4/h15H,4-11H2,1-3H3;/q;-1/p+1. The minimum atomic E-state index is -1.75. The molecule has 0 aliphatic rings. The molecule has 0 radical (unpaired) electrons. The van der Waals surface area contributed by atoms with Crippen LogP contribution in [0.3, 0.4) is 0 Å². The van der Waals surface area contributed by atoms with E-state index in [1.165, 1.54) is 19.3 Å². The van der Waals surface area contributed by atoms with Gasteiger partial charge in [0.05, 0.1) is 25.8 Å². The van der Waals surface area contributed by atoms with Crippen molar-refractivity contribution < 1.29 is 19.6 Å². The molecule has 0 atom stereocenters. The van der Waals surface area contributed by atoms with Crippen molar-refractivity contribution in [1.82, 2.24) is 5.43 Å². The van der Waals surface area contributed by atoms with Gasteiger partial charge in [0, 0.05) is 6.42 Å². The number of quaternary nitrogens is 1. The third-order valence-electron chi connectivity index (χ3n) is 2.59. The number of carbonyl (C=O) groups is 1. The van der Waals surface area contributed by atoms with Crippen molar-refractivity contribution in [3.05, 3.63) is 15.3 Å². The Morgan fingerprint density at radius 2 is 1.70 bits per heavy atom. The van der Waals surface area contributed by atoms with Gasteiger partial charge < -0.3 is 20.4 Å². The van der Waals surface area contributed by atoms with Crippen LogP contribution in [0.4, 0.5) is 0 Å². The number of aliphatic hydroxyl groups is 1. The van der Waals surface area contributed by atoms with E-state index in [2.05, 4.69) is 12.3 Å².